The highest BCUT2D eigenvalue weighted by Crippen LogP contribution is 2.42. The van der Waals surface area contributed by atoms with E-state index >= 15 is 0 Å². The number of para-hydroxylation sites is 1. The molecule has 1 aliphatic heterocycles. The Kier molecular flexibility index (Phi) is 4.83. The largest absolute Gasteiger partial charge is 0.463 e. The van der Waals surface area contributed by atoms with E-state index in [0.717, 1.165) is 5.39 Å². The van der Waals surface area contributed by atoms with Crippen molar-refractivity contribution in [1.82, 2.24) is 4.98 Å². The summed E-state index contributed by atoms with van der Waals surface area (Å²) in [6, 6.07) is 11.3. The molecule has 0 fully saturated rings. The monoisotopic (exact) mass is 369 g/mol. The van der Waals surface area contributed by atoms with Crippen molar-refractivity contribution in [3.63, 3.8) is 0 Å². The first-order valence-electron chi connectivity index (χ1n) is 7.98. The molecule has 6 nitrogen and oxygen atoms in total. The smallest absolute Gasteiger partial charge is 0.338 e. The van der Waals surface area contributed by atoms with Gasteiger partial charge < -0.3 is 15.2 Å². The summed E-state index contributed by atoms with van der Waals surface area (Å²) in [7, 11) is 0. The third-order valence-corrected chi connectivity index (χ3v) is 4.42. The number of nitrogens with two attached hydrogens (primary N) is 1. The Morgan fingerprint density at radius 1 is 1.46 bits per heavy atom. The summed E-state index contributed by atoms with van der Waals surface area (Å²) in [5.74, 6) is -1.18. The molecule has 0 saturated carbocycles. The van der Waals surface area contributed by atoms with Crippen molar-refractivity contribution in [3.05, 3.63) is 63.8 Å². The van der Waals surface area contributed by atoms with Gasteiger partial charge in [-0.1, -0.05) is 29.8 Å². The first-order chi connectivity index (χ1) is 12.5. The topological polar surface area (TPSA) is 98.2 Å². The predicted octanol–water partition coefficient (Wildman–Crippen LogP) is 3.53. The molecule has 0 bridgehead atoms. The van der Waals surface area contributed by atoms with Gasteiger partial charge in [-0.3, -0.25) is 0 Å². The molecule has 2 heterocycles. The van der Waals surface area contributed by atoms with E-state index in [1.54, 1.807) is 19.9 Å². The molecule has 26 heavy (non-hydrogen) atoms. The molecule has 2 N–H and O–H groups in total. The van der Waals surface area contributed by atoms with E-state index in [2.05, 4.69) is 4.98 Å². The molecule has 0 amide bonds. The van der Waals surface area contributed by atoms with Crippen LogP contribution in [0.2, 0.25) is 5.15 Å². The van der Waals surface area contributed by atoms with E-state index in [0.29, 0.717) is 11.1 Å². The number of carbonyl (C=O) groups excluding carboxylic acids is 1. The first-order valence-corrected chi connectivity index (χ1v) is 8.36. The molecule has 2 aromatic rings. The van der Waals surface area contributed by atoms with Gasteiger partial charge in [-0.05, 0) is 26.0 Å². The Labute approximate surface area is 155 Å². The SMILES string of the molecule is CCOC(=O)C1=C(C)OC(N)=C(C#N)C1c1cc2ccccc2nc1Cl. The van der Waals surface area contributed by atoms with Crippen LogP contribution in [0.1, 0.15) is 25.3 Å². The number of allylic oxidation sites excluding steroid dienone is 2. The average molecular weight is 370 g/mol. The lowest BCUT2D eigenvalue weighted by molar-refractivity contribution is -0.139. The Morgan fingerprint density at radius 3 is 2.88 bits per heavy atom. The van der Waals surface area contributed by atoms with Crippen LogP contribution in [0.3, 0.4) is 0 Å². The van der Waals surface area contributed by atoms with Crippen molar-refractivity contribution >= 4 is 28.5 Å². The van der Waals surface area contributed by atoms with Crippen molar-refractivity contribution in [3.8, 4) is 6.07 Å². The molecule has 132 valence electrons. The summed E-state index contributed by atoms with van der Waals surface area (Å²) < 4.78 is 10.5. The van der Waals surface area contributed by atoms with Crippen LogP contribution >= 0.6 is 11.6 Å². The van der Waals surface area contributed by atoms with Crippen molar-refractivity contribution in [2.24, 2.45) is 5.73 Å². The number of pyridine rings is 1. The number of benzene rings is 1. The third-order valence-electron chi connectivity index (χ3n) is 4.12. The van der Waals surface area contributed by atoms with E-state index in [-0.39, 0.29) is 34.5 Å². The van der Waals surface area contributed by atoms with Crippen LogP contribution in [0, 0.1) is 11.3 Å². The highest BCUT2D eigenvalue weighted by atomic mass is 35.5. The minimum absolute atomic E-state index is 0.0627. The molecule has 1 unspecified atom stereocenters. The van der Waals surface area contributed by atoms with Gasteiger partial charge in [0.1, 0.15) is 22.6 Å². The lowest BCUT2D eigenvalue weighted by Gasteiger charge is -2.27. The van der Waals surface area contributed by atoms with Crippen LogP contribution < -0.4 is 5.73 Å². The molecule has 1 aromatic heterocycles. The Hall–Kier alpha value is -3.04. The van der Waals surface area contributed by atoms with E-state index in [4.69, 9.17) is 26.8 Å². The first kappa shape index (κ1) is 17.8. The summed E-state index contributed by atoms with van der Waals surface area (Å²) in [5, 5.41) is 10.6. The summed E-state index contributed by atoms with van der Waals surface area (Å²) >= 11 is 6.40. The molecule has 3 rings (SSSR count). The number of hydrogen-bond acceptors (Lipinski definition) is 6. The average Bonchev–Trinajstić information content (AvgIpc) is 2.60. The zero-order valence-corrected chi connectivity index (χ0v) is 15.0. The van der Waals surface area contributed by atoms with E-state index in [9.17, 15) is 10.1 Å². The van der Waals surface area contributed by atoms with Gasteiger partial charge in [0.05, 0.1) is 23.6 Å². The quantitative estimate of drug-likeness (QED) is 0.656. The fourth-order valence-electron chi connectivity index (χ4n) is 2.98. The third kappa shape index (κ3) is 2.98. The van der Waals surface area contributed by atoms with Crippen LogP contribution in [0.4, 0.5) is 0 Å². The highest BCUT2D eigenvalue weighted by Gasteiger charge is 2.37. The van der Waals surface area contributed by atoms with Crippen molar-refractivity contribution in [2.75, 3.05) is 6.61 Å². The van der Waals surface area contributed by atoms with Gasteiger partial charge >= 0.3 is 5.97 Å². The number of carbonyl (C=O) groups is 1. The van der Waals surface area contributed by atoms with Gasteiger partial charge in [-0.25, -0.2) is 9.78 Å². The van der Waals surface area contributed by atoms with Gasteiger partial charge in [0.25, 0.3) is 0 Å². The maximum absolute atomic E-state index is 12.5. The second kappa shape index (κ2) is 7.06. The normalized spacial score (nSPS) is 17.1. The Balaban J connectivity index is 2.26. The van der Waals surface area contributed by atoms with Gasteiger partial charge in [0.2, 0.25) is 5.88 Å². The van der Waals surface area contributed by atoms with Crippen molar-refractivity contribution < 1.29 is 14.3 Å². The predicted molar refractivity (Wildman–Crippen MR) is 96.7 cm³/mol. The van der Waals surface area contributed by atoms with E-state index in [1.165, 1.54) is 0 Å². The molecule has 1 atom stereocenters. The van der Waals surface area contributed by atoms with Crippen molar-refractivity contribution in [1.29, 1.82) is 5.26 Å². The van der Waals surface area contributed by atoms with Crippen LogP contribution in [0.25, 0.3) is 10.9 Å². The molecule has 1 aromatic carbocycles. The number of fused-ring (bicyclic) bond motifs is 1. The summed E-state index contributed by atoms with van der Waals surface area (Å²) in [4.78, 5) is 16.9. The molecule has 1 aliphatic rings. The Morgan fingerprint density at radius 2 is 2.19 bits per heavy atom. The lowest BCUT2D eigenvalue weighted by Crippen LogP contribution is -2.25. The molecule has 0 radical (unpaired) electrons. The molecule has 0 spiro atoms. The fraction of sp³-hybridized carbons (Fsp3) is 0.211. The summed E-state index contributed by atoms with van der Waals surface area (Å²) in [5.41, 5.74) is 7.38. The van der Waals surface area contributed by atoms with Crippen LogP contribution in [0.5, 0.6) is 0 Å². The van der Waals surface area contributed by atoms with Gasteiger partial charge in [-0.15, -0.1) is 0 Å². The molecule has 0 aliphatic carbocycles. The van der Waals surface area contributed by atoms with E-state index in [1.807, 2.05) is 30.3 Å². The maximum atomic E-state index is 12.5. The van der Waals surface area contributed by atoms with E-state index < -0.39 is 11.9 Å². The number of hydrogen-bond donors (Lipinski definition) is 1. The molecule has 0 saturated heterocycles. The van der Waals surface area contributed by atoms with Gasteiger partial charge in [-0.2, -0.15) is 5.26 Å². The van der Waals surface area contributed by atoms with Crippen LogP contribution in [0.15, 0.2) is 53.1 Å². The number of esters is 1. The highest BCUT2D eigenvalue weighted by molar-refractivity contribution is 6.30. The zero-order chi connectivity index (χ0) is 18.8. The minimum atomic E-state index is -0.808. The Bertz CT molecular complexity index is 1000. The van der Waals surface area contributed by atoms with Crippen LogP contribution in [-0.4, -0.2) is 17.6 Å². The lowest BCUT2D eigenvalue weighted by atomic mass is 9.83. The number of ether oxygens (including phenoxy) is 2. The minimum Gasteiger partial charge on any atom is -0.463 e. The summed E-state index contributed by atoms with van der Waals surface area (Å²) in [6.45, 7) is 3.49. The standard InChI is InChI=1S/C19H16ClN3O3/c1-3-25-19(24)15-10(2)26-18(22)13(9-21)16(15)12-8-11-6-4-5-7-14(11)23-17(12)20/h4-8,16H,3,22H2,1-2H3. The van der Waals surface area contributed by atoms with Gasteiger partial charge in [0, 0.05) is 10.9 Å². The number of nitrogens with zero attached hydrogens (tertiary/aromatic N) is 2. The number of aromatic nitrogens is 1. The second-order valence-corrected chi connectivity index (χ2v) is 6.03. The number of nitriles is 1. The number of halogens is 1. The molecular formula is C19H16ClN3O3. The molecule has 7 heteroatoms. The van der Waals surface area contributed by atoms with Crippen molar-refractivity contribution in [2.45, 2.75) is 19.8 Å². The fourth-order valence-corrected chi connectivity index (χ4v) is 3.23. The van der Waals surface area contributed by atoms with Crippen LogP contribution in [-0.2, 0) is 14.3 Å². The zero-order valence-electron chi connectivity index (χ0n) is 14.2. The van der Waals surface area contributed by atoms with Gasteiger partial charge in [0.15, 0.2) is 0 Å². The molecular weight excluding hydrogens is 354 g/mol. The summed E-state index contributed by atoms with van der Waals surface area (Å²) in [6.07, 6.45) is 0. The maximum Gasteiger partial charge on any atom is 0.338 e. The number of rotatable bonds is 3. The second-order valence-electron chi connectivity index (χ2n) is 5.68.